The topological polar surface area (TPSA) is 90.5 Å². The molecule has 1 aromatic rings. The largest absolute Gasteiger partial charge is 0.481 e. The molecule has 1 amide bonds. The summed E-state index contributed by atoms with van der Waals surface area (Å²) in [6.45, 7) is 4.26. The van der Waals surface area contributed by atoms with E-state index in [1.165, 1.54) is 0 Å². The van der Waals surface area contributed by atoms with Crippen molar-refractivity contribution in [1.82, 2.24) is 9.88 Å². The molecule has 1 saturated heterocycles. The molecule has 0 aliphatic carbocycles. The molecule has 0 unspecified atom stereocenters. The number of amides is 1. The van der Waals surface area contributed by atoms with Crippen LogP contribution in [-0.4, -0.2) is 40.0 Å². The Morgan fingerprint density at radius 1 is 1.30 bits per heavy atom. The molecular formula is C14H18N2O4. The molecule has 6 heteroatoms. The first kappa shape index (κ1) is 14.3. The van der Waals surface area contributed by atoms with E-state index >= 15 is 0 Å². The van der Waals surface area contributed by atoms with E-state index in [1.54, 1.807) is 24.8 Å². The number of carboxylic acid groups (broad SMARTS) is 1. The van der Waals surface area contributed by atoms with Gasteiger partial charge in [0.15, 0.2) is 0 Å². The maximum Gasteiger partial charge on any atom is 0.306 e. The lowest BCUT2D eigenvalue weighted by molar-refractivity contribution is -0.143. The molecule has 0 saturated carbocycles. The van der Waals surface area contributed by atoms with E-state index in [0.717, 1.165) is 0 Å². The smallest absolute Gasteiger partial charge is 0.306 e. The second-order valence-electron chi connectivity index (χ2n) is 5.24. The predicted molar refractivity (Wildman–Crippen MR) is 72.8 cm³/mol. The van der Waals surface area contributed by atoms with Gasteiger partial charge in [-0.25, -0.2) is 0 Å². The number of aromatic amines is 1. The maximum absolute atomic E-state index is 12.4. The van der Waals surface area contributed by atoms with Crippen LogP contribution in [0.2, 0.25) is 0 Å². The number of hydrogen-bond acceptors (Lipinski definition) is 3. The Kier molecular flexibility index (Phi) is 3.92. The molecule has 0 bridgehead atoms. The summed E-state index contributed by atoms with van der Waals surface area (Å²) in [5.41, 5.74) is 1.14. The Labute approximate surface area is 116 Å². The zero-order valence-corrected chi connectivity index (χ0v) is 11.6. The van der Waals surface area contributed by atoms with Gasteiger partial charge in [-0.1, -0.05) is 0 Å². The molecule has 0 aromatic carbocycles. The van der Waals surface area contributed by atoms with Crippen molar-refractivity contribution in [3.05, 3.63) is 33.2 Å². The third kappa shape index (κ3) is 2.74. The zero-order valence-electron chi connectivity index (χ0n) is 11.6. The van der Waals surface area contributed by atoms with Crippen LogP contribution in [0.4, 0.5) is 0 Å². The fourth-order valence-corrected chi connectivity index (χ4v) is 2.61. The Morgan fingerprint density at radius 3 is 2.40 bits per heavy atom. The second kappa shape index (κ2) is 5.48. The van der Waals surface area contributed by atoms with E-state index in [9.17, 15) is 14.4 Å². The summed E-state index contributed by atoms with van der Waals surface area (Å²) >= 11 is 0. The summed E-state index contributed by atoms with van der Waals surface area (Å²) in [5.74, 6) is -1.52. The Hall–Kier alpha value is -2.11. The first-order valence-electron chi connectivity index (χ1n) is 6.62. The van der Waals surface area contributed by atoms with Crippen LogP contribution in [0, 0.1) is 19.8 Å². The van der Waals surface area contributed by atoms with E-state index in [0.29, 0.717) is 37.2 Å². The monoisotopic (exact) mass is 278 g/mol. The third-order valence-electron chi connectivity index (χ3n) is 3.71. The van der Waals surface area contributed by atoms with Gasteiger partial charge in [0.05, 0.1) is 5.92 Å². The van der Waals surface area contributed by atoms with Gasteiger partial charge in [0.1, 0.15) is 5.56 Å². The van der Waals surface area contributed by atoms with Gasteiger partial charge in [-0.2, -0.15) is 0 Å². The first-order chi connectivity index (χ1) is 9.40. The maximum atomic E-state index is 12.4. The molecule has 6 nitrogen and oxygen atoms in total. The number of carboxylic acids is 1. The van der Waals surface area contributed by atoms with Crippen LogP contribution in [0.3, 0.4) is 0 Å². The van der Waals surface area contributed by atoms with Crippen LogP contribution < -0.4 is 5.56 Å². The van der Waals surface area contributed by atoms with Crippen LogP contribution in [0.1, 0.15) is 34.5 Å². The number of piperidine rings is 1. The number of aryl methyl sites for hydroxylation is 2. The van der Waals surface area contributed by atoms with Gasteiger partial charge in [0.25, 0.3) is 11.5 Å². The fraction of sp³-hybridized carbons (Fsp3) is 0.500. The van der Waals surface area contributed by atoms with Crippen molar-refractivity contribution in [1.29, 1.82) is 0 Å². The van der Waals surface area contributed by atoms with Gasteiger partial charge in [0.2, 0.25) is 0 Å². The molecular weight excluding hydrogens is 260 g/mol. The van der Waals surface area contributed by atoms with Gasteiger partial charge in [-0.15, -0.1) is 0 Å². The van der Waals surface area contributed by atoms with Crippen molar-refractivity contribution in [3.63, 3.8) is 0 Å². The molecule has 0 atom stereocenters. The number of nitrogens with zero attached hydrogens (tertiary/aromatic N) is 1. The van der Waals surface area contributed by atoms with Crippen LogP contribution in [0.15, 0.2) is 10.9 Å². The highest BCUT2D eigenvalue weighted by Crippen LogP contribution is 2.19. The van der Waals surface area contributed by atoms with Crippen LogP contribution in [0.25, 0.3) is 0 Å². The highest BCUT2D eigenvalue weighted by Gasteiger charge is 2.29. The number of rotatable bonds is 2. The van der Waals surface area contributed by atoms with E-state index in [4.69, 9.17) is 5.11 Å². The van der Waals surface area contributed by atoms with Crippen molar-refractivity contribution in [3.8, 4) is 0 Å². The highest BCUT2D eigenvalue weighted by atomic mass is 16.4. The lowest BCUT2D eigenvalue weighted by Crippen LogP contribution is -2.42. The van der Waals surface area contributed by atoms with Gasteiger partial charge >= 0.3 is 5.97 Å². The molecule has 2 heterocycles. The number of hydrogen-bond donors (Lipinski definition) is 2. The van der Waals surface area contributed by atoms with Gasteiger partial charge in [0, 0.05) is 18.8 Å². The minimum atomic E-state index is -0.818. The molecule has 20 heavy (non-hydrogen) atoms. The summed E-state index contributed by atoms with van der Waals surface area (Å²) < 4.78 is 0. The molecule has 1 aliphatic rings. The number of aromatic nitrogens is 1. The average molecular weight is 278 g/mol. The third-order valence-corrected chi connectivity index (χ3v) is 3.71. The summed E-state index contributed by atoms with van der Waals surface area (Å²) in [7, 11) is 0. The minimum Gasteiger partial charge on any atom is -0.481 e. The molecule has 2 rings (SSSR count). The molecule has 1 aliphatic heterocycles. The number of likely N-dealkylation sites (tertiary alicyclic amines) is 1. The average Bonchev–Trinajstić information content (AvgIpc) is 2.37. The SMILES string of the molecule is Cc1cc(C)c(C(=O)N2CCC(C(=O)O)CC2)c(=O)[nH]1. The molecule has 0 spiro atoms. The van der Waals surface area contributed by atoms with Crippen molar-refractivity contribution in [2.45, 2.75) is 26.7 Å². The van der Waals surface area contributed by atoms with E-state index < -0.39 is 11.9 Å². The number of H-pyrrole nitrogens is 1. The molecule has 108 valence electrons. The Morgan fingerprint density at radius 2 is 1.90 bits per heavy atom. The van der Waals surface area contributed by atoms with E-state index in [2.05, 4.69) is 4.98 Å². The summed E-state index contributed by atoms with van der Waals surface area (Å²) in [6.07, 6.45) is 0.869. The van der Waals surface area contributed by atoms with Crippen LogP contribution in [0.5, 0.6) is 0 Å². The zero-order chi connectivity index (χ0) is 14.9. The van der Waals surface area contributed by atoms with Gasteiger partial charge in [-0.05, 0) is 38.3 Å². The summed E-state index contributed by atoms with van der Waals surface area (Å²) in [5, 5.41) is 8.94. The van der Waals surface area contributed by atoms with Crippen LogP contribution in [-0.2, 0) is 4.79 Å². The van der Waals surface area contributed by atoms with Crippen molar-refractivity contribution in [2.24, 2.45) is 5.92 Å². The Balaban J connectivity index is 2.18. The van der Waals surface area contributed by atoms with Crippen LogP contribution >= 0.6 is 0 Å². The lowest BCUT2D eigenvalue weighted by atomic mass is 9.96. The number of nitrogens with one attached hydrogen (secondary N) is 1. The number of carbonyl (C=O) groups excluding carboxylic acids is 1. The lowest BCUT2D eigenvalue weighted by Gasteiger charge is -2.30. The van der Waals surface area contributed by atoms with Crippen molar-refractivity contribution >= 4 is 11.9 Å². The molecule has 1 fully saturated rings. The van der Waals surface area contributed by atoms with Gasteiger partial charge in [-0.3, -0.25) is 14.4 Å². The highest BCUT2D eigenvalue weighted by molar-refractivity contribution is 5.95. The first-order valence-corrected chi connectivity index (χ1v) is 6.62. The Bertz CT molecular complexity index is 598. The molecule has 0 radical (unpaired) electrons. The van der Waals surface area contributed by atoms with Crippen molar-refractivity contribution in [2.75, 3.05) is 13.1 Å². The summed E-state index contributed by atoms with van der Waals surface area (Å²) in [6, 6.07) is 1.76. The quantitative estimate of drug-likeness (QED) is 0.842. The number of pyridine rings is 1. The minimum absolute atomic E-state index is 0.157. The molecule has 2 N–H and O–H groups in total. The van der Waals surface area contributed by atoms with Crippen molar-refractivity contribution < 1.29 is 14.7 Å². The normalized spacial score (nSPS) is 16.2. The van der Waals surface area contributed by atoms with Gasteiger partial charge < -0.3 is 15.0 Å². The number of aliphatic carboxylic acids is 1. The molecule has 1 aromatic heterocycles. The number of carbonyl (C=O) groups is 2. The predicted octanol–water partition coefficient (Wildman–Crippen LogP) is 0.929. The van der Waals surface area contributed by atoms with E-state index in [-0.39, 0.29) is 17.0 Å². The summed E-state index contributed by atoms with van der Waals surface area (Å²) in [4.78, 5) is 39.4. The fourth-order valence-electron chi connectivity index (χ4n) is 2.61. The van der Waals surface area contributed by atoms with E-state index in [1.807, 2.05) is 0 Å². The standard InChI is InChI=1S/C14H18N2O4/c1-8-7-9(2)15-12(17)11(8)13(18)16-5-3-10(4-6-16)14(19)20/h7,10H,3-6H2,1-2H3,(H,15,17)(H,19,20). The second-order valence-corrected chi connectivity index (χ2v) is 5.24.